The standard InChI is InChI=1S/C11H17N3O4/c1-7(11(17)14-2-4-18-5-3-14)12-8-6-9(15)13-10(8)16/h7-8,12H,2-6H2,1H3,(H,13,15,16). The molecule has 0 aliphatic carbocycles. The fourth-order valence-corrected chi connectivity index (χ4v) is 2.12. The molecular formula is C11H17N3O4. The molecule has 2 saturated heterocycles. The minimum Gasteiger partial charge on any atom is -0.378 e. The number of imide groups is 1. The zero-order valence-electron chi connectivity index (χ0n) is 10.3. The summed E-state index contributed by atoms with van der Waals surface area (Å²) >= 11 is 0. The third kappa shape index (κ3) is 2.85. The molecule has 2 heterocycles. The average molecular weight is 255 g/mol. The van der Waals surface area contributed by atoms with Crippen LogP contribution in [0.4, 0.5) is 0 Å². The molecule has 7 heteroatoms. The maximum absolute atomic E-state index is 12.1. The average Bonchev–Trinajstić information content (AvgIpc) is 2.68. The number of ether oxygens (including phenoxy) is 1. The predicted molar refractivity (Wildman–Crippen MR) is 61.6 cm³/mol. The van der Waals surface area contributed by atoms with Crippen LogP contribution in [0.3, 0.4) is 0 Å². The fraction of sp³-hybridized carbons (Fsp3) is 0.727. The Morgan fingerprint density at radius 3 is 2.67 bits per heavy atom. The first-order chi connectivity index (χ1) is 8.58. The van der Waals surface area contributed by atoms with E-state index in [-0.39, 0.29) is 24.1 Å². The van der Waals surface area contributed by atoms with Crippen molar-refractivity contribution in [2.24, 2.45) is 0 Å². The Hall–Kier alpha value is -1.47. The van der Waals surface area contributed by atoms with E-state index in [1.54, 1.807) is 11.8 Å². The maximum atomic E-state index is 12.1. The Bertz CT molecular complexity index is 365. The Balaban J connectivity index is 1.87. The lowest BCUT2D eigenvalue weighted by Crippen LogP contribution is -2.52. The molecule has 2 aliphatic rings. The minimum atomic E-state index is -0.600. The van der Waals surface area contributed by atoms with Crippen molar-refractivity contribution in [3.8, 4) is 0 Å². The lowest BCUT2D eigenvalue weighted by molar-refractivity contribution is -0.137. The zero-order chi connectivity index (χ0) is 13.1. The van der Waals surface area contributed by atoms with E-state index in [0.717, 1.165) is 0 Å². The van der Waals surface area contributed by atoms with Gasteiger partial charge in [0, 0.05) is 13.1 Å². The number of rotatable bonds is 3. The van der Waals surface area contributed by atoms with Gasteiger partial charge in [0.2, 0.25) is 17.7 Å². The predicted octanol–water partition coefficient (Wildman–Crippen LogP) is -1.76. The molecule has 7 nitrogen and oxygen atoms in total. The molecule has 2 aliphatic heterocycles. The summed E-state index contributed by atoms with van der Waals surface area (Å²) in [6.45, 7) is 3.93. The molecule has 2 rings (SSSR count). The molecule has 3 amide bonds. The van der Waals surface area contributed by atoms with E-state index < -0.39 is 12.1 Å². The lowest BCUT2D eigenvalue weighted by Gasteiger charge is -2.30. The summed E-state index contributed by atoms with van der Waals surface area (Å²) in [6, 6.07) is -1.08. The van der Waals surface area contributed by atoms with Crippen molar-refractivity contribution in [2.75, 3.05) is 26.3 Å². The molecule has 100 valence electrons. The smallest absolute Gasteiger partial charge is 0.244 e. The molecule has 0 radical (unpaired) electrons. The second kappa shape index (κ2) is 5.45. The highest BCUT2D eigenvalue weighted by Crippen LogP contribution is 2.05. The number of nitrogens with one attached hydrogen (secondary N) is 2. The molecule has 0 saturated carbocycles. The summed E-state index contributed by atoms with van der Waals surface area (Å²) in [5.41, 5.74) is 0. The SMILES string of the molecule is CC(NC1CC(=O)NC1=O)C(=O)N1CCOCC1. The summed E-state index contributed by atoms with van der Waals surface area (Å²) in [7, 11) is 0. The molecule has 2 atom stereocenters. The third-order valence-electron chi connectivity index (χ3n) is 3.11. The first-order valence-corrected chi connectivity index (χ1v) is 6.04. The summed E-state index contributed by atoms with van der Waals surface area (Å²) in [5.74, 6) is -0.726. The van der Waals surface area contributed by atoms with Crippen LogP contribution in [0.5, 0.6) is 0 Å². The number of morpholine rings is 1. The van der Waals surface area contributed by atoms with Crippen LogP contribution in [0.1, 0.15) is 13.3 Å². The first-order valence-electron chi connectivity index (χ1n) is 6.04. The second-order valence-corrected chi connectivity index (χ2v) is 4.50. The highest BCUT2D eigenvalue weighted by Gasteiger charge is 2.33. The minimum absolute atomic E-state index is 0.0644. The van der Waals surface area contributed by atoms with Crippen molar-refractivity contribution < 1.29 is 19.1 Å². The summed E-state index contributed by atoms with van der Waals surface area (Å²) < 4.78 is 5.17. The van der Waals surface area contributed by atoms with E-state index in [0.29, 0.717) is 26.3 Å². The van der Waals surface area contributed by atoms with E-state index in [1.807, 2.05) is 0 Å². The van der Waals surface area contributed by atoms with E-state index in [9.17, 15) is 14.4 Å². The van der Waals surface area contributed by atoms with Crippen LogP contribution >= 0.6 is 0 Å². The number of carbonyl (C=O) groups excluding carboxylic acids is 3. The molecule has 0 spiro atoms. The number of carbonyl (C=O) groups is 3. The molecule has 2 unspecified atom stereocenters. The van der Waals surface area contributed by atoms with Gasteiger partial charge in [0.1, 0.15) is 0 Å². The van der Waals surface area contributed by atoms with Crippen LogP contribution in [-0.4, -0.2) is 61.0 Å². The van der Waals surface area contributed by atoms with Crippen LogP contribution in [-0.2, 0) is 19.1 Å². The normalized spacial score (nSPS) is 26.1. The van der Waals surface area contributed by atoms with Crippen molar-refractivity contribution in [1.82, 2.24) is 15.5 Å². The van der Waals surface area contributed by atoms with Gasteiger partial charge in [-0.2, -0.15) is 0 Å². The fourth-order valence-electron chi connectivity index (χ4n) is 2.12. The van der Waals surface area contributed by atoms with Gasteiger partial charge in [-0.1, -0.05) is 0 Å². The lowest BCUT2D eigenvalue weighted by atomic mass is 10.2. The van der Waals surface area contributed by atoms with Crippen LogP contribution in [0.25, 0.3) is 0 Å². The van der Waals surface area contributed by atoms with Crippen LogP contribution < -0.4 is 10.6 Å². The Kier molecular flexibility index (Phi) is 3.93. The van der Waals surface area contributed by atoms with Gasteiger partial charge < -0.3 is 9.64 Å². The van der Waals surface area contributed by atoms with E-state index in [1.165, 1.54) is 0 Å². The Labute approximate surface area is 105 Å². The number of nitrogens with zero attached hydrogens (tertiary/aromatic N) is 1. The largest absolute Gasteiger partial charge is 0.378 e. The second-order valence-electron chi connectivity index (χ2n) is 4.50. The quantitative estimate of drug-likeness (QED) is 0.583. The molecule has 0 aromatic rings. The highest BCUT2D eigenvalue weighted by atomic mass is 16.5. The van der Waals surface area contributed by atoms with E-state index >= 15 is 0 Å². The molecule has 2 N–H and O–H groups in total. The van der Waals surface area contributed by atoms with Crippen LogP contribution in [0.15, 0.2) is 0 Å². The Morgan fingerprint density at radius 1 is 1.44 bits per heavy atom. The van der Waals surface area contributed by atoms with Gasteiger partial charge in [-0.15, -0.1) is 0 Å². The van der Waals surface area contributed by atoms with Crippen molar-refractivity contribution in [3.05, 3.63) is 0 Å². The van der Waals surface area contributed by atoms with Gasteiger partial charge in [-0.05, 0) is 6.92 Å². The number of hydrogen-bond acceptors (Lipinski definition) is 5. The van der Waals surface area contributed by atoms with Crippen molar-refractivity contribution in [1.29, 1.82) is 0 Å². The molecular weight excluding hydrogens is 238 g/mol. The third-order valence-corrected chi connectivity index (χ3v) is 3.11. The van der Waals surface area contributed by atoms with Gasteiger partial charge >= 0.3 is 0 Å². The molecule has 0 aromatic heterocycles. The van der Waals surface area contributed by atoms with Crippen LogP contribution in [0.2, 0.25) is 0 Å². The van der Waals surface area contributed by atoms with E-state index in [2.05, 4.69) is 10.6 Å². The van der Waals surface area contributed by atoms with Gasteiger partial charge in [0.25, 0.3) is 0 Å². The number of hydrogen-bond donors (Lipinski definition) is 2. The molecule has 2 fully saturated rings. The maximum Gasteiger partial charge on any atom is 0.244 e. The Morgan fingerprint density at radius 2 is 2.11 bits per heavy atom. The van der Waals surface area contributed by atoms with E-state index in [4.69, 9.17) is 4.74 Å². The number of amides is 3. The summed E-state index contributed by atoms with van der Waals surface area (Å²) in [5, 5.41) is 5.10. The summed E-state index contributed by atoms with van der Waals surface area (Å²) in [4.78, 5) is 36.2. The molecule has 0 bridgehead atoms. The van der Waals surface area contributed by atoms with Gasteiger partial charge in [-0.25, -0.2) is 0 Å². The van der Waals surface area contributed by atoms with Gasteiger partial charge in [0.15, 0.2) is 0 Å². The zero-order valence-corrected chi connectivity index (χ0v) is 10.3. The van der Waals surface area contributed by atoms with Crippen molar-refractivity contribution in [2.45, 2.75) is 25.4 Å². The van der Waals surface area contributed by atoms with Gasteiger partial charge in [0.05, 0.1) is 31.7 Å². The van der Waals surface area contributed by atoms with Gasteiger partial charge in [-0.3, -0.25) is 25.0 Å². The summed E-state index contributed by atoms with van der Waals surface area (Å²) in [6.07, 6.45) is 0.0968. The van der Waals surface area contributed by atoms with Crippen molar-refractivity contribution in [3.63, 3.8) is 0 Å². The monoisotopic (exact) mass is 255 g/mol. The highest BCUT2D eigenvalue weighted by molar-refractivity contribution is 6.05. The molecule has 0 aromatic carbocycles. The first kappa shape index (κ1) is 13.0. The topological polar surface area (TPSA) is 87.7 Å². The van der Waals surface area contributed by atoms with Crippen LogP contribution in [0, 0.1) is 0 Å². The molecule has 18 heavy (non-hydrogen) atoms. The van der Waals surface area contributed by atoms with Crippen molar-refractivity contribution >= 4 is 17.7 Å².